The van der Waals surface area contributed by atoms with Crippen LogP contribution in [0.4, 0.5) is 18.9 Å². The van der Waals surface area contributed by atoms with Crippen LogP contribution >= 0.6 is 34.8 Å². The van der Waals surface area contributed by atoms with E-state index in [9.17, 15) is 13.2 Å². The molecule has 2 amide bonds. The SMILES string of the molecule is O=C1[C@@H]2[C@H](C(=O)N1c1cc(C(F)(F)F)ccc1Cl)[C@]1(c3ccc(Cl)cc3)C(=O)[C@]2(c2ccc(Cl)cc2)C(c2ccccc2)=C1c1ccccc1. The summed E-state index contributed by atoms with van der Waals surface area (Å²) >= 11 is 19.2. The first-order valence-corrected chi connectivity index (χ1v) is 16.7. The van der Waals surface area contributed by atoms with Gasteiger partial charge in [-0.25, -0.2) is 4.90 Å². The van der Waals surface area contributed by atoms with Gasteiger partial charge in [0.15, 0.2) is 5.78 Å². The monoisotopic (exact) mass is 727 g/mol. The van der Waals surface area contributed by atoms with Gasteiger partial charge in [0.1, 0.15) is 0 Å². The number of hydrogen-bond donors (Lipinski definition) is 0. The van der Waals surface area contributed by atoms with Gasteiger partial charge in [-0.1, -0.05) is 120 Å². The molecular weight excluding hydrogens is 706 g/mol. The van der Waals surface area contributed by atoms with Crippen LogP contribution in [0.2, 0.25) is 15.1 Å². The fraction of sp³-hybridized carbons (Fsp3) is 0.125. The molecule has 1 heterocycles. The minimum Gasteiger partial charge on any atom is -0.297 e. The van der Waals surface area contributed by atoms with E-state index in [1.807, 2.05) is 60.7 Å². The lowest BCUT2D eigenvalue weighted by Crippen LogP contribution is -2.45. The number of fused-ring (bicyclic) bond motifs is 5. The molecule has 1 saturated heterocycles. The first kappa shape index (κ1) is 32.5. The molecule has 3 aliphatic rings. The van der Waals surface area contributed by atoms with Crippen molar-refractivity contribution in [3.8, 4) is 0 Å². The molecule has 1 saturated carbocycles. The van der Waals surface area contributed by atoms with Gasteiger partial charge in [-0.15, -0.1) is 0 Å². The highest BCUT2D eigenvalue weighted by molar-refractivity contribution is 6.41. The number of carbonyl (C=O) groups excluding carboxylic acids is 3. The van der Waals surface area contributed by atoms with E-state index in [1.165, 1.54) is 0 Å². The third-order valence-corrected chi connectivity index (χ3v) is 11.1. The number of nitrogens with zero attached hydrogens (tertiary/aromatic N) is 1. The zero-order valence-electron chi connectivity index (χ0n) is 25.7. The van der Waals surface area contributed by atoms with Crippen LogP contribution in [0.25, 0.3) is 11.1 Å². The Bertz CT molecular complexity index is 2130. The number of Topliss-reactive ketones (excluding diaryl/α,β-unsaturated/α-hetero) is 1. The molecule has 248 valence electrons. The van der Waals surface area contributed by atoms with Crippen LogP contribution in [-0.2, 0) is 31.4 Å². The molecule has 4 atom stereocenters. The van der Waals surface area contributed by atoms with Crippen LogP contribution in [0, 0.1) is 11.8 Å². The molecule has 5 aromatic rings. The molecule has 5 aromatic carbocycles. The molecule has 1 aliphatic heterocycles. The third-order valence-electron chi connectivity index (χ3n) is 10.2. The second-order valence-electron chi connectivity index (χ2n) is 12.6. The topological polar surface area (TPSA) is 54.5 Å². The van der Waals surface area contributed by atoms with Crippen LogP contribution in [0.5, 0.6) is 0 Å². The Balaban J connectivity index is 1.53. The molecule has 2 aliphatic carbocycles. The normalized spacial score (nSPS) is 24.4. The van der Waals surface area contributed by atoms with Crippen LogP contribution in [0.15, 0.2) is 127 Å². The Morgan fingerprint density at radius 3 is 1.38 bits per heavy atom. The number of halogens is 6. The zero-order valence-corrected chi connectivity index (χ0v) is 28.0. The number of alkyl halides is 3. The summed E-state index contributed by atoms with van der Waals surface area (Å²) in [6, 6.07) is 34.0. The maximum absolute atomic E-state index is 15.9. The van der Waals surface area contributed by atoms with Crippen molar-refractivity contribution < 1.29 is 27.6 Å². The van der Waals surface area contributed by atoms with Gasteiger partial charge in [0, 0.05) is 10.0 Å². The van der Waals surface area contributed by atoms with Crippen molar-refractivity contribution in [2.75, 3.05) is 4.90 Å². The highest BCUT2D eigenvalue weighted by Crippen LogP contribution is 2.74. The lowest BCUT2D eigenvalue weighted by Gasteiger charge is -2.39. The van der Waals surface area contributed by atoms with Crippen molar-refractivity contribution in [3.63, 3.8) is 0 Å². The van der Waals surface area contributed by atoms with Gasteiger partial charge in [0.25, 0.3) is 0 Å². The van der Waals surface area contributed by atoms with E-state index in [2.05, 4.69) is 0 Å². The van der Waals surface area contributed by atoms with Gasteiger partial charge in [-0.05, 0) is 75.9 Å². The fourth-order valence-corrected chi connectivity index (χ4v) is 8.91. The number of amides is 2. The van der Waals surface area contributed by atoms with Crippen molar-refractivity contribution in [1.29, 1.82) is 0 Å². The number of imide groups is 1. The number of ketones is 1. The van der Waals surface area contributed by atoms with E-state index in [1.54, 1.807) is 48.5 Å². The van der Waals surface area contributed by atoms with E-state index in [-0.39, 0.29) is 5.02 Å². The van der Waals surface area contributed by atoms with E-state index in [4.69, 9.17) is 34.8 Å². The van der Waals surface area contributed by atoms with Gasteiger partial charge in [-0.3, -0.25) is 14.4 Å². The zero-order chi connectivity index (χ0) is 35.2. The molecule has 4 nitrogen and oxygen atoms in total. The van der Waals surface area contributed by atoms with Gasteiger partial charge in [0.05, 0.1) is 38.9 Å². The summed E-state index contributed by atoms with van der Waals surface area (Å²) in [5, 5.41) is 0.543. The minimum atomic E-state index is -4.78. The molecule has 50 heavy (non-hydrogen) atoms. The maximum Gasteiger partial charge on any atom is 0.416 e. The molecule has 2 fully saturated rings. The van der Waals surface area contributed by atoms with E-state index in [0.717, 1.165) is 17.0 Å². The van der Waals surface area contributed by atoms with E-state index < -0.39 is 57.7 Å². The first-order valence-electron chi connectivity index (χ1n) is 15.6. The summed E-state index contributed by atoms with van der Waals surface area (Å²) < 4.78 is 42.0. The Kier molecular flexibility index (Phi) is 7.43. The van der Waals surface area contributed by atoms with Crippen LogP contribution in [0.1, 0.15) is 27.8 Å². The quantitative estimate of drug-likeness (QED) is 0.169. The minimum absolute atomic E-state index is 0.223. The lowest BCUT2D eigenvalue weighted by molar-refractivity contribution is -0.137. The Hall–Kier alpha value is -4.69. The second-order valence-corrected chi connectivity index (χ2v) is 13.9. The van der Waals surface area contributed by atoms with Crippen LogP contribution in [0.3, 0.4) is 0 Å². The molecule has 0 spiro atoms. The molecule has 0 N–H and O–H groups in total. The summed E-state index contributed by atoms with van der Waals surface area (Å²) in [6.07, 6.45) is -4.78. The summed E-state index contributed by atoms with van der Waals surface area (Å²) in [5.74, 6) is -4.80. The number of allylic oxidation sites excluding steroid dienone is 2. The molecule has 0 aromatic heterocycles. The van der Waals surface area contributed by atoms with Crippen molar-refractivity contribution in [2.24, 2.45) is 11.8 Å². The lowest BCUT2D eigenvalue weighted by atomic mass is 9.59. The Morgan fingerprint density at radius 1 is 0.560 bits per heavy atom. The van der Waals surface area contributed by atoms with Crippen molar-refractivity contribution >= 4 is 69.2 Å². The number of carbonyl (C=O) groups is 3. The van der Waals surface area contributed by atoms with Crippen molar-refractivity contribution in [3.05, 3.63) is 170 Å². The fourth-order valence-electron chi connectivity index (χ4n) is 8.46. The smallest absolute Gasteiger partial charge is 0.297 e. The molecule has 10 heteroatoms. The largest absolute Gasteiger partial charge is 0.416 e. The average molecular weight is 729 g/mol. The maximum atomic E-state index is 15.9. The highest BCUT2D eigenvalue weighted by atomic mass is 35.5. The Morgan fingerprint density at radius 2 is 0.980 bits per heavy atom. The molecule has 8 rings (SSSR count). The number of rotatable bonds is 5. The number of benzene rings is 5. The third kappa shape index (κ3) is 4.30. The summed E-state index contributed by atoms with van der Waals surface area (Å²) in [4.78, 5) is 46.9. The Labute approximate surface area is 299 Å². The van der Waals surface area contributed by atoms with Crippen molar-refractivity contribution in [2.45, 2.75) is 17.0 Å². The standard InChI is InChI=1S/C40H23Cl3F3NO3/c41-27-16-11-24(12-17-27)38-31(22-7-3-1-4-8-22)32(23-9-5-2-6-10-23)39(37(38)50,25-13-18-28(42)19-14-25)34-33(38)35(48)47(36(34)49)30-21-26(40(44,45)46)15-20-29(30)43/h1-21,33-34H/t33-,34+,38-,39-/m1/s1. The predicted octanol–water partition coefficient (Wildman–Crippen LogP) is 9.85. The van der Waals surface area contributed by atoms with Crippen LogP contribution in [-0.4, -0.2) is 17.6 Å². The average Bonchev–Trinajstić information content (AvgIpc) is 3.61. The highest BCUT2D eigenvalue weighted by Gasteiger charge is 2.82. The molecular formula is C40H23Cl3F3NO3. The predicted molar refractivity (Wildman–Crippen MR) is 187 cm³/mol. The number of hydrogen-bond acceptors (Lipinski definition) is 3. The van der Waals surface area contributed by atoms with Crippen molar-refractivity contribution in [1.82, 2.24) is 0 Å². The van der Waals surface area contributed by atoms with Gasteiger partial charge >= 0.3 is 6.18 Å². The van der Waals surface area contributed by atoms with Gasteiger partial charge in [-0.2, -0.15) is 13.2 Å². The summed E-state index contributed by atoms with van der Waals surface area (Å²) in [7, 11) is 0. The molecule has 0 unspecified atom stereocenters. The summed E-state index contributed by atoms with van der Waals surface area (Å²) in [5.41, 5.74) is -1.90. The first-order chi connectivity index (χ1) is 23.9. The molecule has 0 radical (unpaired) electrons. The molecule has 2 bridgehead atoms. The second kappa shape index (κ2) is 11.4. The van der Waals surface area contributed by atoms with Gasteiger partial charge < -0.3 is 0 Å². The van der Waals surface area contributed by atoms with Gasteiger partial charge in [0.2, 0.25) is 11.8 Å². The number of anilines is 1. The van der Waals surface area contributed by atoms with E-state index >= 15 is 14.4 Å². The summed E-state index contributed by atoms with van der Waals surface area (Å²) in [6.45, 7) is 0. The van der Waals surface area contributed by atoms with Crippen LogP contribution < -0.4 is 4.90 Å². The van der Waals surface area contributed by atoms with E-state index in [0.29, 0.717) is 49.5 Å².